The van der Waals surface area contributed by atoms with Crippen molar-refractivity contribution in [3.05, 3.63) is 77.9 Å². The van der Waals surface area contributed by atoms with E-state index in [1.54, 1.807) is 24.3 Å². The van der Waals surface area contributed by atoms with E-state index in [0.717, 1.165) is 16.3 Å². The molecule has 3 aromatic rings. The molecule has 0 aromatic heterocycles. The molecular formula is C22H21NO4. The van der Waals surface area contributed by atoms with Gasteiger partial charge in [-0.1, -0.05) is 42.5 Å². The van der Waals surface area contributed by atoms with Gasteiger partial charge in [-0.25, -0.2) is 4.79 Å². The Balaban J connectivity index is 1.69. The molecule has 0 radical (unpaired) electrons. The van der Waals surface area contributed by atoms with E-state index in [1.165, 1.54) is 7.11 Å². The summed E-state index contributed by atoms with van der Waals surface area (Å²) in [5, 5.41) is 5.29. The van der Waals surface area contributed by atoms with Gasteiger partial charge in [-0.05, 0) is 47.5 Å². The minimum atomic E-state index is -0.477. The van der Waals surface area contributed by atoms with E-state index in [4.69, 9.17) is 4.74 Å². The second-order valence-corrected chi connectivity index (χ2v) is 6.19. The van der Waals surface area contributed by atoms with Crippen molar-refractivity contribution in [1.29, 1.82) is 0 Å². The zero-order valence-electron chi connectivity index (χ0n) is 15.3. The summed E-state index contributed by atoms with van der Waals surface area (Å²) in [5.41, 5.74) is 1.49. The van der Waals surface area contributed by atoms with Crippen LogP contribution in [0.5, 0.6) is 5.75 Å². The van der Waals surface area contributed by atoms with Gasteiger partial charge in [0.2, 0.25) is 0 Å². The normalized spacial score (nSPS) is 11.6. The number of esters is 1. The van der Waals surface area contributed by atoms with E-state index in [0.29, 0.717) is 11.3 Å². The summed E-state index contributed by atoms with van der Waals surface area (Å²) in [6.07, 6.45) is 0. The predicted octanol–water partition coefficient (Wildman–Crippen LogP) is 3.88. The Morgan fingerprint density at radius 3 is 2.52 bits per heavy atom. The predicted molar refractivity (Wildman–Crippen MR) is 104 cm³/mol. The molecule has 0 aliphatic heterocycles. The molecule has 1 N–H and O–H groups in total. The van der Waals surface area contributed by atoms with Crippen LogP contribution in [0.1, 0.15) is 28.9 Å². The molecule has 1 atom stereocenters. The first-order valence-corrected chi connectivity index (χ1v) is 8.66. The van der Waals surface area contributed by atoms with Gasteiger partial charge in [0.25, 0.3) is 5.91 Å². The second-order valence-electron chi connectivity index (χ2n) is 6.19. The van der Waals surface area contributed by atoms with Gasteiger partial charge in [-0.15, -0.1) is 0 Å². The molecule has 0 bridgehead atoms. The molecule has 3 rings (SSSR count). The summed E-state index contributed by atoms with van der Waals surface area (Å²) in [6.45, 7) is 1.74. The molecule has 0 aliphatic carbocycles. The fourth-order valence-electron chi connectivity index (χ4n) is 2.77. The molecule has 0 saturated heterocycles. The first-order chi connectivity index (χ1) is 13.1. The topological polar surface area (TPSA) is 64.6 Å². The number of rotatable bonds is 6. The minimum absolute atomic E-state index is 0.151. The third-order valence-electron chi connectivity index (χ3n) is 4.30. The standard InChI is InChI=1S/C22H21NO4/c1-15(17-11-10-16-6-3-4-7-18(16)12-17)23-22(25)19-8-5-9-20(13-19)27-14-21(24)26-2/h3-13,15H,14H2,1-2H3,(H,23,25). The Kier molecular flexibility index (Phi) is 5.71. The monoisotopic (exact) mass is 363 g/mol. The SMILES string of the molecule is COC(=O)COc1cccc(C(=O)NC(C)c2ccc3ccccc3c2)c1. The molecule has 5 nitrogen and oxygen atoms in total. The Labute approximate surface area is 157 Å². The van der Waals surface area contributed by atoms with Crippen LogP contribution in [0.3, 0.4) is 0 Å². The highest BCUT2D eigenvalue weighted by molar-refractivity contribution is 5.95. The quantitative estimate of drug-likeness (QED) is 0.675. The second kappa shape index (κ2) is 8.36. The first-order valence-electron chi connectivity index (χ1n) is 8.66. The summed E-state index contributed by atoms with van der Waals surface area (Å²) < 4.78 is 9.87. The number of fused-ring (bicyclic) bond motifs is 1. The van der Waals surface area contributed by atoms with Crippen molar-refractivity contribution in [2.24, 2.45) is 0 Å². The van der Waals surface area contributed by atoms with Crippen molar-refractivity contribution >= 4 is 22.6 Å². The van der Waals surface area contributed by atoms with Crippen molar-refractivity contribution in [2.45, 2.75) is 13.0 Å². The summed E-state index contributed by atoms with van der Waals surface area (Å²) in [5.74, 6) is -0.250. The van der Waals surface area contributed by atoms with Gasteiger partial charge in [-0.3, -0.25) is 4.79 Å². The highest BCUT2D eigenvalue weighted by atomic mass is 16.6. The Bertz CT molecular complexity index is 967. The lowest BCUT2D eigenvalue weighted by Crippen LogP contribution is -2.26. The number of hydrogen-bond donors (Lipinski definition) is 1. The number of hydrogen-bond acceptors (Lipinski definition) is 4. The Morgan fingerprint density at radius 1 is 0.963 bits per heavy atom. The zero-order valence-corrected chi connectivity index (χ0v) is 15.3. The fourth-order valence-corrected chi connectivity index (χ4v) is 2.77. The van der Waals surface area contributed by atoms with Crippen LogP contribution in [0, 0.1) is 0 Å². The average molecular weight is 363 g/mol. The van der Waals surface area contributed by atoms with Crippen molar-refractivity contribution in [3.63, 3.8) is 0 Å². The molecule has 1 unspecified atom stereocenters. The molecule has 0 aliphatic rings. The molecular weight excluding hydrogens is 342 g/mol. The maximum Gasteiger partial charge on any atom is 0.343 e. The van der Waals surface area contributed by atoms with Gasteiger partial charge in [0, 0.05) is 5.56 Å². The van der Waals surface area contributed by atoms with Crippen molar-refractivity contribution in [2.75, 3.05) is 13.7 Å². The van der Waals surface area contributed by atoms with Crippen LogP contribution in [0.4, 0.5) is 0 Å². The van der Waals surface area contributed by atoms with Crippen LogP contribution in [-0.2, 0) is 9.53 Å². The van der Waals surface area contributed by atoms with E-state index in [1.807, 2.05) is 25.1 Å². The van der Waals surface area contributed by atoms with Crippen LogP contribution < -0.4 is 10.1 Å². The van der Waals surface area contributed by atoms with Crippen LogP contribution >= 0.6 is 0 Å². The highest BCUT2D eigenvalue weighted by Gasteiger charge is 2.13. The van der Waals surface area contributed by atoms with E-state index < -0.39 is 5.97 Å². The smallest absolute Gasteiger partial charge is 0.343 e. The molecule has 27 heavy (non-hydrogen) atoms. The Morgan fingerprint density at radius 2 is 1.74 bits per heavy atom. The summed E-state index contributed by atoms with van der Waals surface area (Å²) >= 11 is 0. The lowest BCUT2D eigenvalue weighted by atomic mass is 10.0. The molecule has 0 spiro atoms. The van der Waals surface area contributed by atoms with Gasteiger partial charge in [0.05, 0.1) is 13.2 Å². The van der Waals surface area contributed by atoms with Crippen molar-refractivity contribution < 1.29 is 19.1 Å². The average Bonchev–Trinajstić information content (AvgIpc) is 2.71. The lowest BCUT2D eigenvalue weighted by Gasteiger charge is -2.15. The minimum Gasteiger partial charge on any atom is -0.482 e. The lowest BCUT2D eigenvalue weighted by molar-refractivity contribution is -0.142. The number of amides is 1. The van der Waals surface area contributed by atoms with Gasteiger partial charge >= 0.3 is 5.97 Å². The number of nitrogens with one attached hydrogen (secondary N) is 1. The largest absolute Gasteiger partial charge is 0.482 e. The van der Waals surface area contributed by atoms with Crippen LogP contribution in [0.25, 0.3) is 10.8 Å². The summed E-state index contributed by atoms with van der Waals surface area (Å²) in [7, 11) is 1.30. The molecule has 0 saturated carbocycles. The summed E-state index contributed by atoms with van der Waals surface area (Å²) in [4.78, 5) is 23.8. The number of carbonyl (C=O) groups is 2. The maximum atomic E-state index is 12.6. The maximum absolute atomic E-state index is 12.6. The third kappa shape index (κ3) is 4.64. The molecule has 3 aromatic carbocycles. The number of benzene rings is 3. The first kappa shape index (κ1) is 18.5. The van der Waals surface area contributed by atoms with Crippen LogP contribution in [0.15, 0.2) is 66.7 Å². The van der Waals surface area contributed by atoms with E-state index in [9.17, 15) is 9.59 Å². The van der Waals surface area contributed by atoms with Gasteiger partial charge in [0.15, 0.2) is 6.61 Å². The number of ether oxygens (including phenoxy) is 2. The van der Waals surface area contributed by atoms with E-state index in [2.05, 4.69) is 34.3 Å². The highest BCUT2D eigenvalue weighted by Crippen LogP contribution is 2.21. The molecule has 0 heterocycles. The third-order valence-corrected chi connectivity index (χ3v) is 4.30. The fraction of sp³-hybridized carbons (Fsp3) is 0.182. The van der Waals surface area contributed by atoms with Gasteiger partial charge < -0.3 is 14.8 Å². The van der Waals surface area contributed by atoms with Gasteiger partial charge in [-0.2, -0.15) is 0 Å². The zero-order chi connectivity index (χ0) is 19.2. The molecule has 5 heteroatoms. The molecule has 1 amide bonds. The van der Waals surface area contributed by atoms with E-state index in [-0.39, 0.29) is 18.6 Å². The van der Waals surface area contributed by atoms with Crippen molar-refractivity contribution in [3.8, 4) is 5.75 Å². The van der Waals surface area contributed by atoms with Crippen LogP contribution in [-0.4, -0.2) is 25.6 Å². The number of methoxy groups -OCH3 is 1. The molecule has 138 valence electrons. The van der Waals surface area contributed by atoms with Crippen LogP contribution in [0.2, 0.25) is 0 Å². The van der Waals surface area contributed by atoms with Gasteiger partial charge in [0.1, 0.15) is 5.75 Å². The Hall–Kier alpha value is -3.34. The number of carbonyl (C=O) groups excluding carboxylic acids is 2. The summed E-state index contributed by atoms with van der Waals surface area (Å²) in [6, 6.07) is 20.8. The van der Waals surface area contributed by atoms with E-state index >= 15 is 0 Å². The molecule has 0 fully saturated rings. The van der Waals surface area contributed by atoms with Crippen molar-refractivity contribution in [1.82, 2.24) is 5.32 Å².